The van der Waals surface area contributed by atoms with E-state index in [0.29, 0.717) is 11.4 Å². The van der Waals surface area contributed by atoms with Crippen LogP contribution in [0.1, 0.15) is 30.5 Å². The Balaban J connectivity index is 1.53. The Bertz CT molecular complexity index is 820. The summed E-state index contributed by atoms with van der Waals surface area (Å²) in [5.74, 6) is -0.184. The van der Waals surface area contributed by atoms with Gasteiger partial charge < -0.3 is 0 Å². The van der Waals surface area contributed by atoms with E-state index in [2.05, 4.69) is 21.4 Å². The molecule has 1 heterocycles. The van der Waals surface area contributed by atoms with Crippen LogP contribution in [-0.4, -0.2) is 18.2 Å². The first-order valence-corrected chi connectivity index (χ1v) is 8.83. The molecule has 134 valence electrons. The Kier molecular flexibility index (Phi) is 6.17. The molecule has 3 rings (SSSR count). The average Bonchev–Trinajstić information content (AvgIpc) is 3.13. The molecule has 1 saturated heterocycles. The highest BCUT2D eigenvalue weighted by Gasteiger charge is 2.30. The van der Waals surface area contributed by atoms with Crippen molar-refractivity contribution < 1.29 is 4.79 Å². The number of benzene rings is 2. The highest BCUT2D eigenvalue weighted by Crippen LogP contribution is 2.28. The van der Waals surface area contributed by atoms with E-state index >= 15 is 0 Å². The first-order valence-electron chi connectivity index (χ1n) is 8.45. The molecule has 0 bridgehead atoms. The van der Waals surface area contributed by atoms with Gasteiger partial charge in [-0.15, -0.1) is 0 Å². The molecule has 1 aliphatic heterocycles. The van der Waals surface area contributed by atoms with Gasteiger partial charge in [-0.2, -0.15) is 5.10 Å². The van der Waals surface area contributed by atoms with Crippen LogP contribution in [0.15, 0.2) is 65.3 Å². The molecule has 2 atom stereocenters. The number of hydrazone groups is 1. The summed E-state index contributed by atoms with van der Waals surface area (Å²) >= 11 is 6.22. The van der Waals surface area contributed by atoms with Crippen LogP contribution in [0.5, 0.6) is 0 Å². The smallest absolute Gasteiger partial charge is 0.258 e. The van der Waals surface area contributed by atoms with Gasteiger partial charge in [0.25, 0.3) is 5.91 Å². The van der Waals surface area contributed by atoms with Gasteiger partial charge in [-0.25, -0.2) is 16.3 Å². The molecule has 0 spiro atoms. The molecule has 3 N–H and O–H groups in total. The van der Waals surface area contributed by atoms with Crippen LogP contribution in [0.3, 0.4) is 0 Å². The molecule has 26 heavy (non-hydrogen) atoms. The quantitative estimate of drug-likeness (QED) is 0.559. The van der Waals surface area contributed by atoms with Crippen LogP contribution in [0.2, 0.25) is 5.02 Å². The number of halogens is 1. The van der Waals surface area contributed by atoms with Crippen molar-refractivity contribution in [2.45, 2.75) is 25.4 Å². The number of carbonyl (C=O) groups excluding carboxylic acids is 1. The van der Waals surface area contributed by atoms with Crippen molar-refractivity contribution in [3.63, 3.8) is 0 Å². The third-order valence-corrected chi connectivity index (χ3v) is 4.48. The summed E-state index contributed by atoms with van der Waals surface area (Å²) in [5, 5.41) is 4.73. The van der Waals surface area contributed by atoms with Crippen molar-refractivity contribution in [3.8, 4) is 0 Å². The number of rotatable bonds is 5. The van der Waals surface area contributed by atoms with Gasteiger partial charge >= 0.3 is 0 Å². The Morgan fingerprint density at radius 1 is 1.15 bits per heavy atom. The van der Waals surface area contributed by atoms with E-state index in [9.17, 15) is 4.79 Å². The Labute approximate surface area is 158 Å². The van der Waals surface area contributed by atoms with Gasteiger partial charge in [-0.3, -0.25) is 4.79 Å². The molecule has 0 radical (unpaired) electrons. The number of allylic oxidation sites excluding steroid dienone is 1. The van der Waals surface area contributed by atoms with Crippen LogP contribution in [-0.2, 0) is 4.79 Å². The average molecular weight is 369 g/mol. The Morgan fingerprint density at radius 3 is 2.65 bits per heavy atom. The normalized spacial score (nSPS) is 20.5. The summed E-state index contributed by atoms with van der Waals surface area (Å²) in [6, 6.07) is 17.2. The summed E-state index contributed by atoms with van der Waals surface area (Å²) in [4.78, 5) is 12.3. The van der Waals surface area contributed by atoms with E-state index in [4.69, 9.17) is 11.6 Å². The molecule has 5 nitrogen and oxygen atoms in total. The van der Waals surface area contributed by atoms with Crippen molar-refractivity contribution in [1.82, 2.24) is 16.3 Å². The first-order chi connectivity index (χ1) is 12.6. The lowest BCUT2D eigenvalue weighted by Crippen LogP contribution is -2.41. The van der Waals surface area contributed by atoms with Crippen molar-refractivity contribution in [2.24, 2.45) is 5.10 Å². The van der Waals surface area contributed by atoms with Gasteiger partial charge in [0.1, 0.15) is 6.04 Å². The summed E-state index contributed by atoms with van der Waals surface area (Å²) in [6.07, 6.45) is 4.24. The zero-order valence-corrected chi connectivity index (χ0v) is 15.2. The van der Waals surface area contributed by atoms with E-state index in [1.54, 1.807) is 6.21 Å². The highest BCUT2D eigenvalue weighted by molar-refractivity contribution is 6.31. The predicted molar refractivity (Wildman–Crippen MR) is 106 cm³/mol. The summed E-state index contributed by atoms with van der Waals surface area (Å²) in [7, 11) is 0. The molecular weight excluding hydrogens is 348 g/mol. The third kappa shape index (κ3) is 4.79. The maximum absolute atomic E-state index is 12.3. The minimum Gasteiger partial charge on any atom is -0.271 e. The molecule has 0 saturated carbocycles. The Hall–Kier alpha value is -2.47. The number of nitrogens with one attached hydrogen (secondary N) is 3. The molecule has 2 aromatic rings. The number of hydrogen-bond acceptors (Lipinski definition) is 4. The maximum atomic E-state index is 12.3. The van der Waals surface area contributed by atoms with Crippen molar-refractivity contribution in [2.75, 3.05) is 0 Å². The lowest BCUT2D eigenvalue weighted by Gasteiger charge is -2.11. The molecule has 0 aromatic heterocycles. The van der Waals surface area contributed by atoms with Crippen LogP contribution < -0.4 is 16.3 Å². The molecule has 1 fully saturated rings. The first kappa shape index (κ1) is 18.3. The van der Waals surface area contributed by atoms with E-state index in [1.807, 2.05) is 67.6 Å². The second-order valence-corrected chi connectivity index (χ2v) is 6.59. The van der Waals surface area contributed by atoms with E-state index < -0.39 is 0 Å². The van der Waals surface area contributed by atoms with Crippen LogP contribution in [0, 0.1) is 0 Å². The van der Waals surface area contributed by atoms with Gasteiger partial charge in [0.2, 0.25) is 0 Å². The molecule has 2 unspecified atom stereocenters. The molecular formula is C20H21ClN4O. The summed E-state index contributed by atoms with van der Waals surface area (Å²) in [5.41, 5.74) is 11.7. The van der Waals surface area contributed by atoms with Crippen LogP contribution in [0.25, 0.3) is 6.08 Å². The van der Waals surface area contributed by atoms with Gasteiger partial charge in [0, 0.05) is 11.1 Å². The highest BCUT2D eigenvalue weighted by atomic mass is 35.5. The molecule has 6 heteroatoms. The fourth-order valence-corrected chi connectivity index (χ4v) is 3.08. The van der Waals surface area contributed by atoms with Crippen molar-refractivity contribution in [1.29, 1.82) is 0 Å². The number of amides is 1. The Morgan fingerprint density at radius 2 is 1.88 bits per heavy atom. The minimum absolute atomic E-state index is 0.0110. The number of hydrazine groups is 1. The van der Waals surface area contributed by atoms with Gasteiger partial charge in [0.05, 0.1) is 6.21 Å². The maximum Gasteiger partial charge on any atom is 0.258 e. The zero-order chi connectivity index (χ0) is 18.4. The number of carbonyl (C=O) groups is 1. The van der Waals surface area contributed by atoms with Crippen molar-refractivity contribution >= 4 is 29.8 Å². The van der Waals surface area contributed by atoms with E-state index in [-0.39, 0.29) is 18.0 Å². The SMILES string of the molecule is CC(/C=N/NC(=O)C1CC(c2ccccc2Cl)NN1)=C\c1ccccc1. The molecule has 2 aromatic carbocycles. The van der Waals surface area contributed by atoms with Crippen LogP contribution >= 0.6 is 11.6 Å². The molecule has 1 aliphatic rings. The second-order valence-electron chi connectivity index (χ2n) is 6.18. The fraction of sp³-hybridized carbons (Fsp3) is 0.200. The lowest BCUT2D eigenvalue weighted by molar-refractivity contribution is -0.122. The molecule has 0 aliphatic carbocycles. The molecule has 1 amide bonds. The van der Waals surface area contributed by atoms with Crippen molar-refractivity contribution in [3.05, 3.63) is 76.3 Å². The zero-order valence-electron chi connectivity index (χ0n) is 14.4. The summed E-state index contributed by atoms with van der Waals surface area (Å²) < 4.78 is 0. The minimum atomic E-state index is -0.369. The monoisotopic (exact) mass is 368 g/mol. The summed E-state index contributed by atoms with van der Waals surface area (Å²) in [6.45, 7) is 1.94. The van der Waals surface area contributed by atoms with E-state index in [1.165, 1.54) is 0 Å². The van der Waals surface area contributed by atoms with Crippen LogP contribution in [0.4, 0.5) is 0 Å². The van der Waals surface area contributed by atoms with Gasteiger partial charge in [-0.1, -0.05) is 66.2 Å². The lowest BCUT2D eigenvalue weighted by atomic mass is 10.0. The largest absolute Gasteiger partial charge is 0.271 e. The fourth-order valence-electron chi connectivity index (χ4n) is 2.81. The van der Waals surface area contributed by atoms with Gasteiger partial charge in [-0.05, 0) is 36.1 Å². The second kappa shape index (κ2) is 8.76. The topological polar surface area (TPSA) is 65.5 Å². The third-order valence-electron chi connectivity index (χ3n) is 4.14. The van der Waals surface area contributed by atoms with Gasteiger partial charge in [0.15, 0.2) is 0 Å². The standard InChI is InChI=1S/C20H21ClN4O/c1-14(11-15-7-3-2-4-8-15)13-22-25-20(26)19-12-18(23-24-19)16-9-5-6-10-17(16)21/h2-11,13,18-19,23-24H,12H2,1H3,(H,25,26)/b14-11+,22-13+. The van der Waals surface area contributed by atoms with E-state index in [0.717, 1.165) is 16.7 Å². The number of hydrogen-bond donors (Lipinski definition) is 3. The number of nitrogens with zero attached hydrogens (tertiary/aromatic N) is 1. The predicted octanol–water partition coefficient (Wildman–Crippen LogP) is 3.45.